The Balaban J connectivity index is -0.000000637. The highest BCUT2D eigenvalue weighted by atomic mass is 33.5. The SMILES string of the molecule is C.C.CC[C@H]1O[C@@H](n2ccc(N)nc2=O)C(F)(F)[C@H]1C.CC[C@H]1O[C@@H](n2ccc(NO)nc2=O)C(F)(F)[C@H]1C.CO.F.N.Nc1ccn([C@@H]2O[C@H](CO)[C@H](O)C2(F)F)c(=O)n1.O=c1nc(NO)ccn1[C@@H]1O[C@H](CO)[C@H](O)C1(F)F.S=S=S=S=S=S=S=S=S=S=S=S=S=S=S=S.S=S=S=S=S=S=S=S=S=S=S=S=S=S=S=S=S.[2H]CF. The number of hydrogen-bond acceptors (Lipinski definition) is 28. The van der Waals surface area contributed by atoms with Crippen molar-refractivity contribution in [2.24, 2.45) is 11.8 Å². The molecule has 0 unspecified atom stereocenters. The molecule has 0 radical (unpaired) electrons. The van der Waals surface area contributed by atoms with Gasteiger partial charge < -0.3 is 62.1 Å². The van der Waals surface area contributed by atoms with Crippen molar-refractivity contribution in [2.45, 2.75) is 141 Å². The van der Waals surface area contributed by atoms with Crippen LogP contribution in [0, 0.1) is 11.8 Å². The summed E-state index contributed by atoms with van der Waals surface area (Å²) in [4.78, 5) is 59.6. The monoisotopic (exact) mass is 2270 g/mol. The lowest BCUT2D eigenvalue weighted by Gasteiger charge is -2.21. The topological polar surface area (TPSA) is 429 Å². The van der Waals surface area contributed by atoms with E-state index in [1.54, 1.807) is 247 Å². The van der Waals surface area contributed by atoms with Crippen LogP contribution in [0.2, 0.25) is 0 Å². The Kier molecular flexibility index (Phi) is 71.0. The molecule has 0 saturated carbocycles. The molecule has 0 spiro atoms. The summed E-state index contributed by atoms with van der Waals surface area (Å²) in [7, 11) is 48.9. The molecule has 4 aromatic rings. The molecule has 8 rings (SSSR count). The lowest BCUT2D eigenvalue weighted by atomic mass is 9.98. The van der Waals surface area contributed by atoms with Gasteiger partial charge >= 0.3 is 34.6 Å². The van der Waals surface area contributed by atoms with E-state index in [0.29, 0.717) is 22.0 Å². The van der Waals surface area contributed by atoms with Crippen molar-refractivity contribution in [1.29, 1.82) is 0 Å². The van der Waals surface area contributed by atoms with Gasteiger partial charge in [-0.15, -0.1) is 0 Å². The number of aliphatic hydroxyl groups excluding tert-OH is 5. The number of alkyl halides is 9. The van der Waals surface area contributed by atoms with Crippen LogP contribution in [-0.4, -0.2) is 162 Å². The summed E-state index contributed by atoms with van der Waals surface area (Å²) >= 11 is 18.9. The van der Waals surface area contributed by atoms with Crippen LogP contribution in [0.4, 0.5) is 67.5 Å². The zero-order valence-electron chi connectivity index (χ0n) is 57.2. The summed E-state index contributed by atoms with van der Waals surface area (Å²) in [6.07, 6.45) is -10.8. The predicted octanol–water partition coefficient (Wildman–Crippen LogP) is 2.37. The molecule has 16 N–H and O–H groups in total. The van der Waals surface area contributed by atoms with Crippen molar-refractivity contribution in [3.05, 3.63) is 91.0 Å². The summed E-state index contributed by atoms with van der Waals surface area (Å²) in [5, 5.41) is 60.4. The highest BCUT2D eigenvalue weighted by molar-refractivity contribution is 8.78. The van der Waals surface area contributed by atoms with Crippen LogP contribution in [0.15, 0.2) is 68.2 Å². The Morgan fingerprint density at radius 2 is 0.643 bits per heavy atom. The van der Waals surface area contributed by atoms with Crippen LogP contribution < -0.4 is 51.3 Å². The van der Waals surface area contributed by atoms with Crippen molar-refractivity contribution in [2.75, 3.05) is 49.9 Å². The lowest BCUT2D eigenvalue weighted by Crippen LogP contribution is -2.41. The fraction of sp³-hybridized carbons (Fsp3) is 0.636. The normalized spacial score (nSPS) is 21.6. The van der Waals surface area contributed by atoms with Gasteiger partial charge in [-0.25, -0.2) is 36.7 Å². The molecule has 4 fully saturated rings. The van der Waals surface area contributed by atoms with E-state index in [-0.39, 0.29) is 49.0 Å². The van der Waals surface area contributed by atoms with Crippen molar-refractivity contribution in [3.63, 3.8) is 0 Å². The first-order valence-electron chi connectivity index (χ1n) is 28.6. The predicted molar refractivity (Wildman–Crippen MR) is 513 cm³/mol. The fourth-order valence-electron chi connectivity index (χ4n) is 8.13. The maximum Gasteiger partial charge on any atom is 0.351 e. The maximum absolute atomic E-state index is 14.1. The standard InChI is InChI=1S/C11H15F2N3O3.C11H15F2N3O2.C9H11F2N3O5.C9H11F2N3O4.CH3F.CH4O.2CH4.FH.H3N.S17.S16/c1-3-7-6(2)11(12,13)9(19-7)16-5-4-8(15-18)14-10(16)17;1-3-7-6(2)11(12,13)9(18-7)16-5-4-8(14)15-10(16)17;10-9(11)6(16)4(3-15)19-7(9)14-2-1-5(13-18)12-8(14)17;10-9(11)6(16)4(3-15)18-7(9)14-2-1-5(12)13-8(14)17;2*1-2;;;;;1-3-5-7-9-11-13-15-17-16-14-12-10-8-6-4-2;1-3-5-7-9-11-13-15-16-14-12-10-8-6-4-2/h4-7,9,18H,3H2,1-2H3,(H,14,15,17);4-7,9H,3H2,1-2H3,(H2,14,15,17);1-2,4,6-7,15-16,18H,3H2,(H,12,13,17);1-2,4,6-7,15-16H,3H2,(H2,12,13,17);1H3;2H,1H3;2*1H4;1H;1H3;;/t2*6-,7+,9+;2*4-,6+,7-;;;;;;;;/m0011......../s1/i;;;;1D;;;;;;;. The number of nitrogens with one attached hydrogen (secondary N) is 2. The number of ether oxygens (including phenoxy) is 4. The van der Waals surface area contributed by atoms with E-state index in [9.17, 15) is 68.9 Å². The smallest absolute Gasteiger partial charge is 0.351 e. The molecule has 4 aliphatic rings. The average Bonchev–Trinajstić information content (AvgIpc) is 1.64. The third-order valence-electron chi connectivity index (χ3n) is 12.9. The summed E-state index contributed by atoms with van der Waals surface area (Å²) in [6, 6.07) is 4.73. The summed E-state index contributed by atoms with van der Waals surface area (Å²) < 4.78 is 149. The molecular weight excluding hydrogens is 2200 g/mol. The number of hydrogen-bond donors (Lipinski definition) is 12. The van der Waals surface area contributed by atoms with Gasteiger partial charge in [0, 0.05) is 334 Å². The second kappa shape index (κ2) is 68.1. The second-order valence-electron chi connectivity index (χ2n) is 18.7. The highest BCUT2D eigenvalue weighted by Gasteiger charge is 2.61. The third-order valence-corrected chi connectivity index (χ3v) is 72.9. The van der Waals surface area contributed by atoms with Crippen LogP contribution >= 0.6 is 0 Å². The molecule has 28 nitrogen and oxygen atoms in total. The van der Waals surface area contributed by atoms with Gasteiger partial charge in [-0.05, 0) is 37.1 Å². The Hall–Kier alpha value is 0.800. The van der Waals surface area contributed by atoms with E-state index in [4.69, 9.17) is 102 Å². The van der Waals surface area contributed by atoms with Crippen LogP contribution in [0.1, 0.15) is 81.7 Å². The van der Waals surface area contributed by atoms with Crippen molar-refractivity contribution < 1.29 is 100 Å². The molecule has 0 amide bonds. The van der Waals surface area contributed by atoms with Crippen LogP contribution in [0.3, 0.4) is 0 Å². The number of nitrogen functional groups attached to an aromatic ring is 2. The average molecular weight is 2270 g/mol. The molecular formula is C44H71F10N13O15S33. The number of nitrogens with two attached hydrogens (primary N) is 2. The van der Waals surface area contributed by atoms with E-state index in [1.807, 2.05) is 0 Å². The molecule has 0 bridgehead atoms. The van der Waals surface area contributed by atoms with Gasteiger partial charge in [0.15, 0.2) is 23.8 Å². The van der Waals surface area contributed by atoms with Crippen molar-refractivity contribution >= 4 is 326 Å². The Labute approximate surface area is 753 Å². The first kappa shape index (κ1) is 120. The first-order valence-corrected chi connectivity index (χ1v) is 69.2. The molecule has 4 saturated heterocycles. The van der Waals surface area contributed by atoms with Gasteiger partial charge in [0.1, 0.15) is 23.8 Å². The Bertz CT molecular complexity index is 5150. The van der Waals surface area contributed by atoms with Gasteiger partial charge in [0.05, 0.1) is 45.8 Å². The first-order chi connectivity index (χ1) is 53.3. The number of anilines is 4. The zero-order valence-corrected chi connectivity index (χ0v) is 83.1. The van der Waals surface area contributed by atoms with Gasteiger partial charge in [-0.2, -0.15) is 37.5 Å². The molecule has 71 heteroatoms. The molecule has 0 aliphatic carbocycles. The number of nitrogens with zero attached hydrogens (tertiary/aromatic N) is 8. The number of aromatic nitrogens is 8. The number of halogens is 10. The van der Waals surface area contributed by atoms with Crippen molar-refractivity contribution in [1.82, 2.24) is 44.4 Å². The number of rotatable bonds is 10. The number of aliphatic hydroxyl groups is 5. The van der Waals surface area contributed by atoms with Gasteiger partial charge in [-0.3, -0.25) is 48.7 Å². The third kappa shape index (κ3) is 41.4. The van der Waals surface area contributed by atoms with Crippen LogP contribution in [-0.2, 0) is 321 Å². The van der Waals surface area contributed by atoms with E-state index in [0.717, 1.165) is 47.0 Å². The maximum atomic E-state index is 14.1. The summed E-state index contributed by atoms with van der Waals surface area (Å²) in [6.45, 7) is 4.74. The zero-order chi connectivity index (χ0) is 84.6. The summed E-state index contributed by atoms with van der Waals surface area (Å²) in [5.41, 5.74) is 9.96. The van der Waals surface area contributed by atoms with Crippen molar-refractivity contribution in [3.8, 4) is 0 Å². The van der Waals surface area contributed by atoms with Gasteiger partial charge in [-0.1, -0.05) is 42.5 Å². The van der Waals surface area contributed by atoms with E-state index >= 15 is 0 Å². The van der Waals surface area contributed by atoms with Crippen LogP contribution in [0.5, 0.6) is 0 Å². The minimum absolute atomic E-state index is 0. The van der Waals surface area contributed by atoms with E-state index in [1.165, 1.54) is 67.7 Å². The highest BCUT2D eigenvalue weighted by Crippen LogP contribution is 2.49. The second-order valence-corrected chi connectivity index (χ2v) is 70.0. The van der Waals surface area contributed by atoms with Gasteiger partial charge in [0.2, 0.25) is 24.9 Å². The summed E-state index contributed by atoms with van der Waals surface area (Å²) in [5.74, 6) is -16.1. The Morgan fingerprint density at radius 1 is 0.443 bits per heavy atom. The lowest BCUT2D eigenvalue weighted by molar-refractivity contribution is -0.141. The van der Waals surface area contributed by atoms with E-state index < -0.39 is 140 Å². The molecule has 8 heterocycles. The Morgan fingerprint density at radius 3 is 0.817 bits per heavy atom. The molecule has 0 aromatic carbocycles. The van der Waals surface area contributed by atoms with E-state index in [2.05, 4.69) is 19.9 Å². The quantitative estimate of drug-likeness (QED) is 0.0801. The molecule has 115 heavy (non-hydrogen) atoms. The largest absolute Gasteiger partial charge is 0.400 e. The minimum Gasteiger partial charge on any atom is -0.400 e. The molecule has 4 aliphatic heterocycles. The minimum atomic E-state index is -3.76. The molecule has 12 atom stereocenters. The molecule has 670 valence electrons. The van der Waals surface area contributed by atoms with Gasteiger partial charge in [0.25, 0.3) is 11.8 Å². The van der Waals surface area contributed by atoms with Crippen LogP contribution in [0.25, 0.3) is 0 Å². The fourth-order valence-corrected chi connectivity index (χ4v) is 76.7. The molecule has 4 aromatic heterocycles.